The molecule has 1 aliphatic heterocycles. The number of nitrogen functional groups attached to an aromatic ring is 1. The first-order valence-electron chi connectivity index (χ1n) is 13.0. The molecule has 0 radical (unpaired) electrons. The van der Waals surface area contributed by atoms with E-state index in [1.807, 2.05) is 54.7 Å². The predicted molar refractivity (Wildman–Crippen MR) is 155 cm³/mol. The zero-order valence-electron chi connectivity index (χ0n) is 22.3. The van der Waals surface area contributed by atoms with Crippen molar-refractivity contribution < 1.29 is 9.53 Å². The molecule has 0 saturated carbocycles. The molecule has 0 aliphatic carbocycles. The van der Waals surface area contributed by atoms with Crippen LogP contribution in [0.3, 0.4) is 0 Å². The minimum absolute atomic E-state index is 0.0534. The molecule has 38 heavy (non-hydrogen) atoms. The highest BCUT2D eigenvalue weighted by atomic mass is 16.5. The lowest BCUT2D eigenvalue weighted by molar-refractivity contribution is 0.0336. The molecule has 7 heteroatoms. The normalized spacial score (nSPS) is 14.4. The number of amides is 2. The van der Waals surface area contributed by atoms with Crippen molar-refractivity contribution in [3.05, 3.63) is 84.2 Å². The monoisotopic (exact) mass is 509 g/mol. The number of rotatable bonds is 5. The van der Waals surface area contributed by atoms with Crippen LogP contribution in [0.4, 0.5) is 21.9 Å². The maximum atomic E-state index is 13.0. The van der Waals surface area contributed by atoms with Gasteiger partial charge in [-0.3, -0.25) is 9.88 Å². The average Bonchev–Trinajstić information content (AvgIpc) is 2.91. The molecule has 2 heterocycles. The summed E-state index contributed by atoms with van der Waals surface area (Å²) in [6.45, 7) is 10.6. The molecular weight excluding hydrogens is 474 g/mol. The molecule has 2 amide bonds. The Bertz CT molecular complexity index is 1440. The molecule has 196 valence electrons. The number of benzene rings is 3. The molecule has 4 N–H and O–H groups in total. The summed E-state index contributed by atoms with van der Waals surface area (Å²) in [6.07, 6.45) is 1.93. The summed E-state index contributed by atoms with van der Waals surface area (Å²) in [5.74, 6) is 0. The summed E-state index contributed by atoms with van der Waals surface area (Å²) >= 11 is 0. The van der Waals surface area contributed by atoms with E-state index in [9.17, 15) is 4.79 Å². The molecule has 1 aliphatic rings. The second-order valence-corrected chi connectivity index (χ2v) is 10.8. The molecule has 1 fully saturated rings. The smallest absolute Gasteiger partial charge is 0.323 e. The van der Waals surface area contributed by atoms with Crippen LogP contribution in [0.5, 0.6) is 0 Å². The zero-order chi connectivity index (χ0) is 26.7. The zero-order valence-corrected chi connectivity index (χ0v) is 22.3. The highest BCUT2D eigenvalue weighted by Gasteiger charge is 2.17. The fourth-order valence-electron chi connectivity index (χ4n) is 4.73. The summed E-state index contributed by atoms with van der Waals surface area (Å²) in [5, 5.41) is 7.94. The molecule has 0 unspecified atom stereocenters. The Morgan fingerprint density at radius 3 is 2.39 bits per heavy atom. The van der Waals surface area contributed by atoms with Gasteiger partial charge in [-0.15, -0.1) is 0 Å². The largest absolute Gasteiger partial charge is 0.397 e. The predicted octanol–water partition coefficient (Wildman–Crippen LogP) is 6.26. The van der Waals surface area contributed by atoms with Gasteiger partial charge in [0.15, 0.2) is 0 Å². The van der Waals surface area contributed by atoms with E-state index >= 15 is 0 Å². The van der Waals surface area contributed by atoms with Gasteiger partial charge in [0.25, 0.3) is 0 Å². The Morgan fingerprint density at radius 1 is 0.947 bits per heavy atom. The van der Waals surface area contributed by atoms with Gasteiger partial charge >= 0.3 is 6.03 Å². The Labute approximate surface area is 224 Å². The van der Waals surface area contributed by atoms with Crippen molar-refractivity contribution in [3.63, 3.8) is 0 Å². The van der Waals surface area contributed by atoms with Gasteiger partial charge in [0.1, 0.15) is 0 Å². The molecule has 1 saturated heterocycles. The number of morpholine rings is 1. The van der Waals surface area contributed by atoms with Crippen molar-refractivity contribution in [1.82, 2.24) is 9.88 Å². The SMILES string of the molecule is CC(C)(C)c1ccc(N)c(NC(=O)Nc2ccc(-c3ccc(CN4CCOCC4)nc3)c3ccccc23)c1. The number of carbonyl (C=O) groups excluding carboxylic acids is 1. The summed E-state index contributed by atoms with van der Waals surface area (Å²) in [6, 6.07) is 21.7. The lowest BCUT2D eigenvalue weighted by Crippen LogP contribution is -2.35. The Balaban J connectivity index is 1.36. The van der Waals surface area contributed by atoms with Crippen LogP contribution in [0, 0.1) is 0 Å². The summed E-state index contributed by atoms with van der Waals surface area (Å²) < 4.78 is 5.44. The average molecular weight is 510 g/mol. The van der Waals surface area contributed by atoms with Crippen molar-refractivity contribution in [1.29, 1.82) is 0 Å². The van der Waals surface area contributed by atoms with Gasteiger partial charge in [-0.1, -0.05) is 63.2 Å². The lowest BCUT2D eigenvalue weighted by atomic mass is 9.86. The number of fused-ring (bicyclic) bond motifs is 1. The minimum atomic E-state index is -0.338. The van der Waals surface area contributed by atoms with E-state index in [1.54, 1.807) is 0 Å². The lowest BCUT2D eigenvalue weighted by Gasteiger charge is -2.26. The third kappa shape index (κ3) is 5.79. The Kier molecular flexibility index (Phi) is 7.31. The van der Waals surface area contributed by atoms with E-state index in [-0.39, 0.29) is 11.4 Å². The second kappa shape index (κ2) is 10.8. The topological polar surface area (TPSA) is 92.5 Å². The Morgan fingerprint density at radius 2 is 1.68 bits per heavy atom. The number of urea groups is 1. The van der Waals surface area contributed by atoms with Crippen LogP contribution in [-0.2, 0) is 16.7 Å². The van der Waals surface area contributed by atoms with Crippen LogP contribution in [0.2, 0.25) is 0 Å². The summed E-state index contributed by atoms with van der Waals surface area (Å²) in [7, 11) is 0. The number of carbonyl (C=O) groups is 1. The van der Waals surface area contributed by atoms with Crippen molar-refractivity contribution >= 4 is 33.9 Å². The molecule has 0 bridgehead atoms. The van der Waals surface area contributed by atoms with Crippen LogP contribution >= 0.6 is 0 Å². The molecule has 1 aromatic heterocycles. The van der Waals surface area contributed by atoms with E-state index in [4.69, 9.17) is 15.5 Å². The number of hydrogen-bond donors (Lipinski definition) is 3. The van der Waals surface area contributed by atoms with E-state index in [2.05, 4.69) is 54.5 Å². The Hall–Kier alpha value is -3.94. The summed E-state index contributed by atoms with van der Waals surface area (Å²) in [5.41, 5.74) is 12.2. The first-order valence-corrected chi connectivity index (χ1v) is 13.0. The first-order chi connectivity index (χ1) is 18.3. The molecule has 7 nitrogen and oxygen atoms in total. The van der Waals surface area contributed by atoms with Crippen LogP contribution in [0.25, 0.3) is 21.9 Å². The highest BCUT2D eigenvalue weighted by Crippen LogP contribution is 2.34. The van der Waals surface area contributed by atoms with Crippen molar-refractivity contribution in [2.75, 3.05) is 42.7 Å². The van der Waals surface area contributed by atoms with Gasteiger partial charge < -0.3 is 21.1 Å². The molecule has 0 spiro atoms. The minimum Gasteiger partial charge on any atom is -0.397 e. The van der Waals surface area contributed by atoms with Crippen molar-refractivity contribution in [2.45, 2.75) is 32.7 Å². The maximum Gasteiger partial charge on any atom is 0.323 e. The number of nitrogens with two attached hydrogens (primary N) is 1. The van der Waals surface area contributed by atoms with E-state index in [0.29, 0.717) is 11.4 Å². The van der Waals surface area contributed by atoms with Crippen molar-refractivity contribution in [3.8, 4) is 11.1 Å². The second-order valence-electron chi connectivity index (χ2n) is 10.8. The van der Waals surface area contributed by atoms with Gasteiger partial charge in [0, 0.05) is 36.8 Å². The first kappa shape index (κ1) is 25.7. The fourth-order valence-corrected chi connectivity index (χ4v) is 4.73. The number of pyridine rings is 1. The van der Waals surface area contributed by atoms with E-state index in [0.717, 1.165) is 71.7 Å². The molecule has 0 atom stereocenters. The number of nitrogens with zero attached hydrogens (tertiary/aromatic N) is 2. The van der Waals surface area contributed by atoms with Gasteiger partial charge in [-0.2, -0.15) is 0 Å². The number of nitrogens with one attached hydrogen (secondary N) is 2. The molecular formula is C31H35N5O2. The standard InChI is InChI=1S/C31H35N5O2/c1-31(2,3)22-9-12-27(32)29(18-22)35-30(37)34-28-13-11-24(25-6-4-5-7-26(25)28)21-8-10-23(33-19-21)20-36-14-16-38-17-15-36/h4-13,18-19H,14-17,20,32H2,1-3H3,(H2,34,35,37). The maximum absolute atomic E-state index is 13.0. The molecule has 5 rings (SSSR count). The van der Waals surface area contributed by atoms with Crippen LogP contribution in [-0.4, -0.2) is 42.2 Å². The quantitative estimate of drug-likeness (QED) is 0.276. The van der Waals surface area contributed by atoms with Gasteiger partial charge in [0.2, 0.25) is 0 Å². The third-order valence-corrected chi connectivity index (χ3v) is 6.96. The number of ether oxygens (including phenoxy) is 1. The van der Waals surface area contributed by atoms with Crippen molar-refractivity contribution in [2.24, 2.45) is 0 Å². The van der Waals surface area contributed by atoms with Gasteiger partial charge in [0.05, 0.1) is 36.0 Å². The van der Waals surface area contributed by atoms with Gasteiger partial charge in [-0.25, -0.2) is 4.79 Å². The number of aromatic nitrogens is 1. The van der Waals surface area contributed by atoms with Crippen LogP contribution in [0.15, 0.2) is 72.9 Å². The summed E-state index contributed by atoms with van der Waals surface area (Å²) in [4.78, 5) is 20.1. The molecule has 4 aromatic rings. The molecule has 3 aromatic carbocycles. The highest BCUT2D eigenvalue weighted by molar-refractivity contribution is 6.10. The fraction of sp³-hybridized carbons (Fsp3) is 0.290. The van der Waals surface area contributed by atoms with E-state index in [1.165, 1.54) is 0 Å². The van der Waals surface area contributed by atoms with E-state index < -0.39 is 0 Å². The number of hydrogen-bond acceptors (Lipinski definition) is 5. The van der Waals surface area contributed by atoms with Gasteiger partial charge in [-0.05, 0) is 46.2 Å². The van der Waals surface area contributed by atoms with Crippen LogP contribution < -0.4 is 16.4 Å². The number of anilines is 3. The third-order valence-electron chi connectivity index (χ3n) is 6.96. The van der Waals surface area contributed by atoms with Crippen LogP contribution in [0.1, 0.15) is 32.0 Å².